The summed E-state index contributed by atoms with van der Waals surface area (Å²) in [6, 6.07) is 7.20. The van der Waals surface area contributed by atoms with Crippen molar-refractivity contribution in [2.24, 2.45) is 5.92 Å². The van der Waals surface area contributed by atoms with E-state index in [-0.39, 0.29) is 5.41 Å². The number of ether oxygens (including phenoxy) is 1. The molecule has 1 aromatic rings. The number of fused-ring (bicyclic) bond motifs is 1. The number of hydrogen-bond donors (Lipinski definition) is 1. The van der Waals surface area contributed by atoms with Crippen LogP contribution in [0.3, 0.4) is 0 Å². The third-order valence-corrected chi connectivity index (χ3v) is 4.07. The van der Waals surface area contributed by atoms with Crippen molar-refractivity contribution >= 4 is 0 Å². The van der Waals surface area contributed by atoms with E-state index in [1.54, 1.807) is 0 Å². The molecule has 1 aliphatic heterocycles. The Hall–Kier alpha value is -1.02. The van der Waals surface area contributed by atoms with Crippen molar-refractivity contribution in [2.75, 3.05) is 13.2 Å². The Morgan fingerprint density at radius 2 is 2.05 bits per heavy atom. The van der Waals surface area contributed by atoms with Crippen molar-refractivity contribution in [1.29, 1.82) is 0 Å². The predicted molar refractivity (Wildman–Crippen MR) is 85.5 cm³/mol. The molecule has 1 N–H and O–H groups in total. The van der Waals surface area contributed by atoms with E-state index in [2.05, 4.69) is 58.1 Å². The molecule has 0 bridgehead atoms. The van der Waals surface area contributed by atoms with Crippen LogP contribution >= 0.6 is 0 Å². The molecule has 112 valence electrons. The summed E-state index contributed by atoms with van der Waals surface area (Å²) in [5, 5.41) is 3.69. The van der Waals surface area contributed by atoms with E-state index in [1.165, 1.54) is 24.0 Å². The minimum Gasteiger partial charge on any atom is -0.492 e. The first kappa shape index (κ1) is 15.4. The zero-order valence-corrected chi connectivity index (χ0v) is 13.6. The molecule has 0 radical (unpaired) electrons. The average Bonchev–Trinajstić information content (AvgIpc) is 2.70. The van der Waals surface area contributed by atoms with E-state index in [0.29, 0.717) is 12.0 Å². The maximum Gasteiger partial charge on any atom is 0.123 e. The van der Waals surface area contributed by atoms with Crippen LogP contribution in [-0.2, 0) is 5.41 Å². The normalized spacial score (nSPS) is 17.9. The predicted octanol–water partition coefficient (Wildman–Crippen LogP) is 4.44. The molecule has 0 aromatic heterocycles. The van der Waals surface area contributed by atoms with Gasteiger partial charge in [0.25, 0.3) is 0 Å². The van der Waals surface area contributed by atoms with Gasteiger partial charge in [-0.15, -0.1) is 0 Å². The summed E-state index contributed by atoms with van der Waals surface area (Å²) in [5.74, 6) is 1.76. The Bertz CT molecular complexity index is 451. The standard InChI is InChI=1S/C18H29NO/c1-6-9-19-16(10-13(2)3)14-7-8-17-15(11-14)18(4,5)12-20-17/h7-8,11,13,16,19H,6,9-10,12H2,1-5H3. The van der Waals surface area contributed by atoms with Crippen LogP contribution in [0.15, 0.2) is 18.2 Å². The van der Waals surface area contributed by atoms with Crippen LogP contribution in [0.5, 0.6) is 5.75 Å². The van der Waals surface area contributed by atoms with Crippen LogP contribution in [0.4, 0.5) is 0 Å². The van der Waals surface area contributed by atoms with E-state index in [4.69, 9.17) is 4.74 Å². The molecule has 1 aliphatic rings. The first-order chi connectivity index (χ1) is 9.44. The van der Waals surface area contributed by atoms with Crippen molar-refractivity contribution < 1.29 is 4.74 Å². The third kappa shape index (κ3) is 3.35. The van der Waals surface area contributed by atoms with Gasteiger partial charge in [0, 0.05) is 17.0 Å². The van der Waals surface area contributed by atoms with Gasteiger partial charge >= 0.3 is 0 Å². The van der Waals surface area contributed by atoms with Gasteiger partial charge in [-0.25, -0.2) is 0 Å². The molecule has 1 atom stereocenters. The maximum atomic E-state index is 5.79. The van der Waals surface area contributed by atoms with Crippen LogP contribution in [0.25, 0.3) is 0 Å². The first-order valence-electron chi connectivity index (χ1n) is 7.94. The van der Waals surface area contributed by atoms with Crippen LogP contribution in [0, 0.1) is 5.92 Å². The fourth-order valence-electron chi connectivity index (χ4n) is 2.88. The molecular weight excluding hydrogens is 246 g/mol. The first-order valence-corrected chi connectivity index (χ1v) is 7.94. The van der Waals surface area contributed by atoms with E-state index in [9.17, 15) is 0 Å². The molecule has 1 aromatic carbocycles. The molecule has 20 heavy (non-hydrogen) atoms. The number of nitrogens with one attached hydrogen (secondary N) is 1. The van der Waals surface area contributed by atoms with Crippen molar-refractivity contribution in [3.8, 4) is 5.75 Å². The molecule has 0 saturated carbocycles. The largest absolute Gasteiger partial charge is 0.492 e. The highest BCUT2D eigenvalue weighted by atomic mass is 16.5. The van der Waals surface area contributed by atoms with E-state index < -0.39 is 0 Å². The lowest BCUT2D eigenvalue weighted by atomic mass is 9.84. The van der Waals surface area contributed by atoms with E-state index >= 15 is 0 Å². The van der Waals surface area contributed by atoms with Crippen LogP contribution < -0.4 is 10.1 Å². The molecular formula is C18H29NO. The van der Waals surface area contributed by atoms with Gasteiger partial charge in [-0.1, -0.05) is 40.7 Å². The smallest absolute Gasteiger partial charge is 0.123 e. The minimum atomic E-state index is 0.137. The summed E-state index contributed by atoms with van der Waals surface area (Å²) in [7, 11) is 0. The minimum absolute atomic E-state index is 0.137. The zero-order chi connectivity index (χ0) is 14.8. The lowest BCUT2D eigenvalue weighted by Gasteiger charge is -2.23. The van der Waals surface area contributed by atoms with Gasteiger partial charge in [0.05, 0.1) is 6.61 Å². The number of hydrogen-bond acceptors (Lipinski definition) is 2. The van der Waals surface area contributed by atoms with E-state index in [1.807, 2.05) is 0 Å². The number of benzene rings is 1. The molecule has 0 amide bonds. The van der Waals surface area contributed by atoms with Gasteiger partial charge in [0.1, 0.15) is 5.75 Å². The number of rotatable bonds is 6. The lowest BCUT2D eigenvalue weighted by molar-refractivity contribution is 0.291. The maximum absolute atomic E-state index is 5.79. The summed E-state index contributed by atoms with van der Waals surface area (Å²) in [6.07, 6.45) is 2.36. The van der Waals surface area contributed by atoms with Gasteiger partial charge in [0.15, 0.2) is 0 Å². The molecule has 1 heterocycles. The molecule has 0 fully saturated rings. The van der Waals surface area contributed by atoms with Crippen LogP contribution in [0.1, 0.15) is 64.6 Å². The fourth-order valence-corrected chi connectivity index (χ4v) is 2.88. The third-order valence-electron chi connectivity index (χ3n) is 4.07. The van der Waals surface area contributed by atoms with Gasteiger partial charge in [-0.3, -0.25) is 0 Å². The highest BCUT2D eigenvalue weighted by molar-refractivity contribution is 5.45. The van der Waals surface area contributed by atoms with Crippen molar-refractivity contribution in [1.82, 2.24) is 5.32 Å². The second kappa shape index (κ2) is 6.17. The van der Waals surface area contributed by atoms with Gasteiger partial charge < -0.3 is 10.1 Å². The zero-order valence-electron chi connectivity index (χ0n) is 13.6. The van der Waals surface area contributed by atoms with Crippen molar-refractivity contribution in [2.45, 2.75) is 58.9 Å². The highest BCUT2D eigenvalue weighted by Gasteiger charge is 2.32. The molecule has 0 spiro atoms. The van der Waals surface area contributed by atoms with Crippen molar-refractivity contribution in [3.05, 3.63) is 29.3 Å². The Morgan fingerprint density at radius 3 is 2.70 bits per heavy atom. The summed E-state index contributed by atoms with van der Waals surface area (Å²) < 4.78 is 5.79. The summed E-state index contributed by atoms with van der Waals surface area (Å²) in [6.45, 7) is 13.2. The van der Waals surface area contributed by atoms with Crippen LogP contribution in [0.2, 0.25) is 0 Å². The quantitative estimate of drug-likeness (QED) is 0.828. The Labute approximate surface area is 123 Å². The molecule has 2 heteroatoms. The SMILES string of the molecule is CCCNC(CC(C)C)c1ccc2c(c1)C(C)(C)CO2. The Balaban J connectivity index is 2.25. The highest BCUT2D eigenvalue weighted by Crippen LogP contribution is 2.40. The topological polar surface area (TPSA) is 21.3 Å². The summed E-state index contributed by atoms with van der Waals surface area (Å²) >= 11 is 0. The molecule has 2 nitrogen and oxygen atoms in total. The lowest BCUT2D eigenvalue weighted by Crippen LogP contribution is -2.24. The van der Waals surface area contributed by atoms with E-state index in [0.717, 1.165) is 18.9 Å². The molecule has 0 aliphatic carbocycles. The monoisotopic (exact) mass is 275 g/mol. The van der Waals surface area contributed by atoms with Gasteiger partial charge in [-0.2, -0.15) is 0 Å². The molecule has 2 rings (SSSR count). The summed E-state index contributed by atoms with van der Waals surface area (Å²) in [5.41, 5.74) is 2.91. The molecule has 1 unspecified atom stereocenters. The molecule has 0 saturated heterocycles. The van der Waals surface area contributed by atoms with Gasteiger partial charge in [-0.05, 0) is 43.0 Å². The second-order valence-corrected chi connectivity index (χ2v) is 7.06. The Kier molecular flexibility index (Phi) is 4.74. The summed E-state index contributed by atoms with van der Waals surface area (Å²) in [4.78, 5) is 0. The fraction of sp³-hybridized carbons (Fsp3) is 0.667. The van der Waals surface area contributed by atoms with Crippen molar-refractivity contribution in [3.63, 3.8) is 0 Å². The van der Waals surface area contributed by atoms with Gasteiger partial charge in [0.2, 0.25) is 0 Å². The second-order valence-electron chi connectivity index (χ2n) is 7.06. The average molecular weight is 275 g/mol. The Morgan fingerprint density at radius 1 is 1.30 bits per heavy atom. The van der Waals surface area contributed by atoms with Crippen LogP contribution in [-0.4, -0.2) is 13.2 Å².